The number of aromatic carboxylic acids is 1. The van der Waals surface area contributed by atoms with Gasteiger partial charge in [0.2, 0.25) is 5.43 Å². The highest BCUT2D eigenvalue weighted by atomic mass is 35.5. The first-order valence-electron chi connectivity index (χ1n) is 12.2. The average molecular weight is 536 g/mol. The van der Waals surface area contributed by atoms with Gasteiger partial charge < -0.3 is 24.4 Å². The maximum Gasteiger partial charge on any atom is 0.341 e. The summed E-state index contributed by atoms with van der Waals surface area (Å²) < 4.78 is 17.1. The van der Waals surface area contributed by atoms with Crippen molar-refractivity contribution in [2.45, 2.75) is 6.54 Å². The van der Waals surface area contributed by atoms with Gasteiger partial charge in [-0.2, -0.15) is 0 Å². The second kappa shape index (κ2) is 10.4. The van der Waals surface area contributed by atoms with E-state index in [0.717, 1.165) is 24.0 Å². The third-order valence-corrected chi connectivity index (χ3v) is 7.03. The predicted molar refractivity (Wildman–Crippen MR) is 148 cm³/mol. The fourth-order valence-corrected chi connectivity index (χ4v) is 5.28. The minimum absolute atomic E-state index is 0.0673. The second-order valence-electron chi connectivity index (χ2n) is 9.53. The Labute approximate surface area is 224 Å². The number of carbonyl (C=O) groups is 1. The molecule has 38 heavy (non-hydrogen) atoms. The summed E-state index contributed by atoms with van der Waals surface area (Å²) in [6.07, 6.45) is 3.00. The first kappa shape index (κ1) is 25.7. The quantitative estimate of drug-likeness (QED) is 0.395. The van der Waals surface area contributed by atoms with Crippen molar-refractivity contribution in [2.24, 2.45) is 0 Å². The molecule has 0 radical (unpaired) electrons. The minimum atomic E-state index is -1.39. The molecule has 4 aromatic rings. The predicted octanol–water partition coefficient (Wildman–Crippen LogP) is 4.26. The van der Waals surface area contributed by atoms with Crippen molar-refractivity contribution in [2.75, 3.05) is 50.1 Å². The molecule has 5 rings (SSSR count). The lowest BCUT2D eigenvalue weighted by Gasteiger charge is -2.37. The van der Waals surface area contributed by atoms with Crippen molar-refractivity contribution in [3.05, 3.63) is 93.1 Å². The molecule has 2 aromatic carbocycles. The lowest BCUT2D eigenvalue weighted by Crippen LogP contribution is -2.47. The summed E-state index contributed by atoms with van der Waals surface area (Å²) in [7, 11) is 3.93. The summed E-state index contributed by atoms with van der Waals surface area (Å²) in [5.41, 5.74) is 0.902. The van der Waals surface area contributed by atoms with E-state index in [1.807, 2.05) is 66.4 Å². The van der Waals surface area contributed by atoms with Crippen molar-refractivity contribution in [3.8, 4) is 5.69 Å². The SMILES string of the molecule is CN(C)Cc1ccc(-n2cc(C(=O)O)c(=O)c3cc(F)c(N4CCN(c5ccccn5)CC4)c(Cl)c32)cc1. The van der Waals surface area contributed by atoms with Gasteiger partial charge >= 0.3 is 5.97 Å². The second-order valence-corrected chi connectivity index (χ2v) is 9.91. The van der Waals surface area contributed by atoms with E-state index in [1.54, 1.807) is 10.8 Å². The van der Waals surface area contributed by atoms with E-state index in [2.05, 4.69) is 9.88 Å². The summed E-state index contributed by atoms with van der Waals surface area (Å²) in [5, 5.41) is 9.68. The van der Waals surface area contributed by atoms with E-state index < -0.39 is 22.8 Å². The Morgan fingerprint density at radius 3 is 2.37 bits per heavy atom. The van der Waals surface area contributed by atoms with Gasteiger partial charge in [0, 0.05) is 50.8 Å². The molecule has 2 aromatic heterocycles. The molecule has 8 nitrogen and oxygen atoms in total. The maximum atomic E-state index is 15.6. The Morgan fingerprint density at radius 1 is 1.08 bits per heavy atom. The number of rotatable bonds is 6. The highest BCUT2D eigenvalue weighted by Crippen LogP contribution is 2.37. The number of halogens is 2. The van der Waals surface area contributed by atoms with Crippen LogP contribution in [0.4, 0.5) is 15.9 Å². The summed E-state index contributed by atoms with van der Waals surface area (Å²) in [6, 6.07) is 14.3. The van der Waals surface area contributed by atoms with Crippen LogP contribution in [0.25, 0.3) is 16.6 Å². The van der Waals surface area contributed by atoms with Crippen LogP contribution in [0.1, 0.15) is 15.9 Å². The maximum absolute atomic E-state index is 15.6. The normalized spacial score (nSPS) is 13.9. The van der Waals surface area contributed by atoms with Crippen LogP contribution < -0.4 is 15.2 Å². The highest BCUT2D eigenvalue weighted by molar-refractivity contribution is 6.38. The van der Waals surface area contributed by atoms with Crippen molar-refractivity contribution in [1.29, 1.82) is 0 Å². The summed E-state index contributed by atoms with van der Waals surface area (Å²) in [5.74, 6) is -1.20. The van der Waals surface area contributed by atoms with Crippen LogP contribution in [-0.2, 0) is 6.54 Å². The Hall–Kier alpha value is -3.95. The first-order valence-corrected chi connectivity index (χ1v) is 12.6. The molecular formula is C28H27ClFN5O3. The number of fused-ring (bicyclic) bond motifs is 1. The van der Waals surface area contributed by atoms with E-state index in [0.29, 0.717) is 31.9 Å². The third kappa shape index (κ3) is 4.82. The summed E-state index contributed by atoms with van der Waals surface area (Å²) in [4.78, 5) is 35.4. The standard InChI is InChI=1S/C28H27ClFN5O3/c1-32(2)16-18-6-8-19(9-7-18)35-17-21(28(37)38)27(36)20-15-22(30)26(24(29)25(20)35)34-13-11-33(12-14-34)23-5-3-4-10-31-23/h3-10,15,17H,11-14,16H2,1-2H3,(H,37,38). The van der Waals surface area contributed by atoms with Gasteiger partial charge in [0.25, 0.3) is 0 Å². The fraction of sp³-hybridized carbons (Fsp3) is 0.250. The zero-order chi connectivity index (χ0) is 27.0. The van der Waals surface area contributed by atoms with Crippen LogP contribution in [0.2, 0.25) is 5.02 Å². The smallest absolute Gasteiger partial charge is 0.341 e. The molecular weight excluding hydrogens is 509 g/mol. The molecule has 0 unspecified atom stereocenters. The molecule has 0 bridgehead atoms. The molecule has 1 aliphatic rings. The van der Waals surface area contributed by atoms with Gasteiger partial charge in [-0.15, -0.1) is 0 Å². The van der Waals surface area contributed by atoms with Crippen LogP contribution in [0.5, 0.6) is 0 Å². The zero-order valence-electron chi connectivity index (χ0n) is 21.1. The molecule has 0 spiro atoms. The van der Waals surface area contributed by atoms with Gasteiger partial charge in [0.1, 0.15) is 17.2 Å². The van der Waals surface area contributed by atoms with Gasteiger partial charge in [-0.05, 0) is 50.0 Å². The zero-order valence-corrected chi connectivity index (χ0v) is 21.8. The van der Waals surface area contributed by atoms with Crippen molar-refractivity contribution < 1.29 is 14.3 Å². The molecule has 1 saturated heterocycles. The van der Waals surface area contributed by atoms with Crippen molar-refractivity contribution in [3.63, 3.8) is 0 Å². The Morgan fingerprint density at radius 2 is 1.76 bits per heavy atom. The Kier molecular flexibility index (Phi) is 7.05. The third-order valence-electron chi connectivity index (χ3n) is 6.67. The number of anilines is 2. The number of pyridine rings is 2. The molecule has 1 aliphatic heterocycles. The van der Waals surface area contributed by atoms with Crippen LogP contribution in [0.3, 0.4) is 0 Å². The molecule has 1 fully saturated rings. The Bertz CT molecular complexity index is 1550. The van der Waals surface area contributed by atoms with E-state index >= 15 is 4.39 Å². The van der Waals surface area contributed by atoms with Gasteiger partial charge in [0.05, 0.1) is 21.6 Å². The molecule has 0 aliphatic carbocycles. The van der Waals surface area contributed by atoms with Gasteiger partial charge in [0.15, 0.2) is 0 Å². The van der Waals surface area contributed by atoms with Gasteiger partial charge in [-0.1, -0.05) is 29.8 Å². The summed E-state index contributed by atoms with van der Waals surface area (Å²) in [6.45, 7) is 2.95. The van der Waals surface area contributed by atoms with Crippen LogP contribution >= 0.6 is 11.6 Å². The molecule has 0 atom stereocenters. The number of aromatic nitrogens is 2. The monoisotopic (exact) mass is 535 g/mol. The van der Waals surface area contributed by atoms with Gasteiger partial charge in [-0.3, -0.25) is 4.79 Å². The van der Waals surface area contributed by atoms with Crippen molar-refractivity contribution in [1.82, 2.24) is 14.5 Å². The molecule has 10 heteroatoms. The van der Waals surface area contributed by atoms with Gasteiger partial charge in [-0.25, -0.2) is 14.2 Å². The molecule has 1 N–H and O–H groups in total. The fourth-order valence-electron chi connectivity index (χ4n) is 4.88. The van der Waals surface area contributed by atoms with Crippen molar-refractivity contribution >= 4 is 40.0 Å². The molecule has 196 valence electrons. The number of piperazine rings is 1. The van der Waals surface area contributed by atoms with Crippen LogP contribution in [0, 0.1) is 5.82 Å². The van der Waals surface area contributed by atoms with Crippen LogP contribution in [-0.4, -0.2) is 65.8 Å². The molecule has 3 heterocycles. The number of benzene rings is 2. The largest absolute Gasteiger partial charge is 0.477 e. The van der Waals surface area contributed by atoms with Crippen LogP contribution in [0.15, 0.2) is 65.7 Å². The topological polar surface area (TPSA) is 81.9 Å². The number of hydrogen-bond donors (Lipinski definition) is 1. The van der Waals surface area contributed by atoms with E-state index in [1.165, 1.54) is 6.20 Å². The lowest BCUT2D eigenvalue weighted by molar-refractivity contribution is 0.0695. The lowest BCUT2D eigenvalue weighted by atomic mass is 10.1. The number of hydrogen-bond acceptors (Lipinski definition) is 6. The average Bonchev–Trinajstić information content (AvgIpc) is 2.90. The number of nitrogens with zero attached hydrogens (tertiary/aromatic N) is 5. The summed E-state index contributed by atoms with van der Waals surface area (Å²) >= 11 is 6.87. The molecule has 0 saturated carbocycles. The number of carboxylic acid groups (broad SMARTS) is 1. The van der Waals surface area contributed by atoms with E-state index in [-0.39, 0.29) is 21.6 Å². The molecule has 0 amide bonds. The Balaban J connectivity index is 1.60. The van der Waals surface area contributed by atoms with E-state index in [4.69, 9.17) is 11.6 Å². The van der Waals surface area contributed by atoms with E-state index in [9.17, 15) is 14.7 Å². The minimum Gasteiger partial charge on any atom is -0.477 e. The highest BCUT2D eigenvalue weighted by Gasteiger charge is 2.27. The number of carboxylic acids is 1. The first-order chi connectivity index (χ1) is 18.2.